The van der Waals surface area contributed by atoms with Crippen molar-refractivity contribution < 1.29 is 19.3 Å². The van der Waals surface area contributed by atoms with Crippen molar-refractivity contribution >= 4 is 0 Å². The lowest BCUT2D eigenvalue weighted by Crippen LogP contribution is -2.10. The number of methoxy groups -OCH3 is 1. The maximum atomic E-state index is 9.16. The van der Waals surface area contributed by atoms with Crippen LogP contribution in [0.3, 0.4) is 0 Å². The summed E-state index contributed by atoms with van der Waals surface area (Å²) in [5, 5.41) is 9.16. The number of aliphatic hydroxyl groups excluding tert-OH is 1. The Morgan fingerprint density at radius 1 is 1.17 bits per heavy atom. The van der Waals surface area contributed by atoms with E-state index in [-0.39, 0.29) is 6.61 Å². The number of ether oxygens (including phenoxy) is 3. The number of nitrogens with zero attached hydrogens (tertiary/aromatic N) is 1. The topological polar surface area (TPSA) is 60.8 Å². The first-order chi connectivity index (χ1) is 8.77. The molecular weight excluding hydrogens is 234 g/mol. The fourth-order valence-corrected chi connectivity index (χ4v) is 1.46. The molecule has 0 atom stereocenters. The van der Waals surface area contributed by atoms with Crippen LogP contribution in [0.2, 0.25) is 0 Å². The average Bonchev–Trinajstić information content (AvgIpc) is 2.39. The second-order valence-electron chi connectivity index (χ2n) is 3.86. The predicted molar refractivity (Wildman–Crippen MR) is 67.7 cm³/mol. The van der Waals surface area contributed by atoms with Gasteiger partial charge in [0, 0.05) is 26.0 Å². The van der Waals surface area contributed by atoms with Crippen LogP contribution in [0.5, 0.6) is 5.75 Å². The Balaban J connectivity index is 2.22. The molecule has 1 rings (SSSR count). The van der Waals surface area contributed by atoms with Crippen LogP contribution in [0.25, 0.3) is 0 Å². The highest BCUT2D eigenvalue weighted by Crippen LogP contribution is 2.16. The monoisotopic (exact) mass is 255 g/mol. The van der Waals surface area contributed by atoms with E-state index in [1.54, 1.807) is 7.11 Å². The maximum absolute atomic E-state index is 9.16. The first-order valence-corrected chi connectivity index (χ1v) is 6.04. The van der Waals surface area contributed by atoms with Gasteiger partial charge in [0.05, 0.1) is 13.2 Å². The van der Waals surface area contributed by atoms with Crippen molar-refractivity contribution in [3.63, 3.8) is 0 Å². The third-order valence-electron chi connectivity index (χ3n) is 2.34. The molecule has 5 heteroatoms. The van der Waals surface area contributed by atoms with Gasteiger partial charge in [0.15, 0.2) is 0 Å². The number of hydrogen-bond acceptors (Lipinski definition) is 5. The number of aryl methyl sites for hydroxylation is 1. The van der Waals surface area contributed by atoms with E-state index < -0.39 is 0 Å². The molecule has 1 heterocycles. The van der Waals surface area contributed by atoms with E-state index in [2.05, 4.69) is 4.98 Å². The van der Waals surface area contributed by atoms with E-state index in [1.165, 1.54) is 0 Å². The third-order valence-corrected chi connectivity index (χ3v) is 2.34. The first kappa shape index (κ1) is 14.9. The zero-order valence-electron chi connectivity index (χ0n) is 11.0. The van der Waals surface area contributed by atoms with Crippen molar-refractivity contribution in [2.75, 3.05) is 33.5 Å². The van der Waals surface area contributed by atoms with Gasteiger partial charge in [0.2, 0.25) is 0 Å². The molecule has 0 fully saturated rings. The summed E-state index contributed by atoms with van der Waals surface area (Å²) in [7, 11) is 1.67. The summed E-state index contributed by atoms with van der Waals surface area (Å²) in [5.41, 5.74) is 1.43. The first-order valence-electron chi connectivity index (χ1n) is 6.04. The molecular formula is C13H21NO4. The molecule has 1 aromatic rings. The van der Waals surface area contributed by atoms with E-state index in [4.69, 9.17) is 19.3 Å². The highest BCUT2D eigenvalue weighted by atomic mass is 16.5. The molecule has 5 nitrogen and oxygen atoms in total. The van der Waals surface area contributed by atoms with Crippen LogP contribution < -0.4 is 4.74 Å². The minimum atomic E-state index is -0.119. The molecule has 0 radical (unpaired) electrons. The lowest BCUT2D eigenvalue weighted by molar-refractivity contribution is 0.0799. The maximum Gasteiger partial charge on any atom is 0.143 e. The third kappa shape index (κ3) is 5.44. The van der Waals surface area contributed by atoms with Crippen molar-refractivity contribution in [2.45, 2.75) is 20.0 Å². The Hall–Kier alpha value is -1.17. The highest BCUT2D eigenvalue weighted by Gasteiger charge is 2.04. The van der Waals surface area contributed by atoms with Crippen LogP contribution in [0.1, 0.15) is 17.8 Å². The van der Waals surface area contributed by atoms with E-state index in [9.17, 15) is 0 Å². The van der Waals surface area contributed by atoms with Crippen molar-refractivity contribution in [1.29, 1.82) is 0 Å². The lowest BCUT2D eigenvalue weighted by Gasteiger charge is -2.10. The summed E-state index contributed by atoms with van der Waals surface area (Å²) in [6.45, 7) is 4.09. The van der Waals surface area contributed by atoms with Crippen LogP contribution in [-0.2, 0) is 16.1 Å². The molecule has 1 aromatic heterocycles. The summed E-state index contributed by atoms with van der Waals surface area (Å²) < 4.78 is 15.8. The van der Waals surface area contributed by atoms with Crippen molar-refractivity contribution in [3.8, 4) is 5.75 Å². The molecule has 102 valence electrons. The molecule has 0 aliphatic heterocycles. The molecule has 0 saturated heterocycles. The van der Waals surface area contributed by atoms with E-state index in [1.807, 2.05) is 19.1 Å². The van der Waals surface area contributed by atoms with Crippen molar-refractivity contribution in [2.24, 2.45) is 0 Å². The van der Waals surface area contributed by atoms with Gasteiger partial charge >= 0.3 is 0 Å². The minimum Gasteiger partial charge on any atom is -0.489 e. The van der Waals surface area contributed by atoms with Crippen LogP contribution in [0.15, 0.2) is 12.1 Å². The van der Waals surface area contributed by atoms with Gasteiger partial charge in [-0.15, -0.1) is 0 Å². The lowest BCUT2D eigenvalue weighted by atomic mass is 10.3. The number of aliphatic hydroxyl groups is 1. The predicted octanol–water partition coefficient (Wildman–Crippen LogP) is 1.31. The van der Waals surface area contributed by atoms with E-state index in [0.717, 1.165) is 12.1 Å². The fourth-order valence-electron chi connectivity index (χ4n) is 1.46. The van der Waals surface area contributed by atoms with Gasteiger partial charge in [-0.25, -0.2) is 0 Å². The fraction of sp³-hybridized carbons (Fsp3) is 0.615. The zero-order valence-corrected chi connectivity index (χ0v) is 11.0. The Bertz CT molecular complexity index is 344. The van der Waals surface area contributed by atoms with Crippen LogP contribution in [0, 0.1) is 6.92 Å². The van der Waals surface area contributed by atoms with Gasteiger partial charge in [-0.1, -0.05) is 0 Å². The number of rotatable bonds is 9. The smallest absolute Gasteiger partial charge is 0.143 e. The number of pyridine rings is 1. The zero-order chi connectivity index (χ0) is 13.2. The van der Waals surface area contributed by atoms with E-state index in [0.29, 0.717) is 37.9 Å². The molecule has 0 aliphatic carbocycles. The Morgan fingerprint density at radius 2 is 2.00 bits per heavy atom. The van der Waals surface area contributed by atoms with E-state index >= 15 is 0 Å². The second-order valence-corrected chi connectivity index (χ2v) is 3.86. The Labute approximate surface area is 108 Å². The molecule has 0 bridgehead atoms. The van der Waals surface area contributed by atoms with Gasteiger partial charge in [0.25, 0.3) is 0 Å². The van der Waals surface area contributed by atoms with Gasteiger partial charge in [-0.05, 0) is 25.5 Å². The molecule has 0 aliphatic rings. The highest BCUT2D eigenvalue weighted by molar-refractivity contribution is 5.28. The average molecular weight is 255 g/mol. The number of hydrogen-bond donors (Lipinski definition) is 1. The molecule has 1 N–H and O–H groups in total. The normalized spacial score (nSPS) is 10.6. The second kappa shape index (κ2) is 8.85. The van der Waals surface area contributed by atoms with Crippen LogP contribution in [0.4, 0.5) is 0 Å². The summed E-state index contributed by atoms with van der Waals surface area (Å²) >= 11 is 0. The van der Waals surface area contributed by atoms with Gasteiger partial charge in [-0.2, -0.15) is 0 Å². The van der Waals surface area contributed by atoms with Gasteiger partial charge in [-0.3, -0.25) is 4.98 Å². The van der Waals surface area contributed by atoms with Crippen molar-refractivity contribution in [3.05, 3.63) is 23.5 Å². The summed E-state index contributed by atoms with van der Waals surface area (Å²) in [4.78, 5) is 4.20. The van der Waals surface area contributed by atoms with Crippen molar-refractivity contribution in [1.82, 2.24) is 4.98 Å². The molecule has 18 heavy (non-hydrogen) atoms. The quantitative estimate of drug-likeness (QED) is 0.674. The molecule has 0 aromatic carbocycles. The summed E-state index contributed by atoms with van der Waals surface area (Å²) in [5.74, 6) is 0.614. The van der Waals surface area contributed by atoms with Gasteiger partial charge in [0.1, 0.15) is 18.1 Å². The minimum absolute atomic E-state index is 0.119. The standard InChI is InChI=1S/C13H21NO4/c1-11-4-5-13(12(10-15)14-11)18-9-8-17-7-3-6-16-2/h4-5,15H,3,6-10H2,1-2H3. The Kier molecular flexibility index (Phi) is 7.32. The number of aromatic nitrogens is 1. The Morgan fingerprint density at radius 3 is 2.72 bits per heavy atom. The summed E-state index contributed by atoms with van der Waals surface area (Å²) in [6.07, 6.45) is 0.879. The molecule has 0 spiro atoms. The SMILES string of the molecule is COCCCOCCOc1ccc(C)nc1CO. The molecule has 0 unspecified atom stereocenters. The molecule has 0 amide bonds. The largest absolute Gasteiger partial charge is 0.489 e. The molecule has 0 saturated carbocycles. The van der Waals surface area contributed by atoms with Crippen LogP contribution >= 0.6 is 0 Å². The summed E-state index contributed by atoms with van der Waals surface area (Å²) in [6, 6.07) is 3.67. The van der Waals surface area contributed by atoms with Gasteiger partial charge < -0.3 is 19.3 Å². The van der Waals surface area contributed by atoms with Crippen LogP contribution in [-0.4, -0.2) is 43.6 Å².